The van der Waals surface area contributed by atoms with Crippen molar-refractivity contribution < 1.29 is 37.4 Å². The molecular weight excluding hydrogens is 245 g/mol. The van der Waals surface area contributed by atoms with Crippen molar-refractivity contribution in [2.24, 2.45) is 0 Å². The number of carboxylic acid groups (broad SMARTS) is 2. The van der Waals surface area contributed by atoms with Crippen LogP contribution in [0.5, 0.6) is 0 Å². The molecule has 2 N–H and O–H groups in total. The second-order valence-electron chi connectivity index (χ2n) is 2.78. The molecule has 96 valence electrons. The number of carboxylic acids is 2. The molecule has 0 unspecified atom stereocenters. The van der Waals surface area contributed by atoms with Crippen molar-refractivity contribution in [2.45, 2.75) is 19.0 Å². The Labute approximate surface area is 93.5 Å². The van der Waals surface area contributed by atoms with Crippen LogP contribution in [0.4, 0.5) is 13.2 Å². The molecular formula is C9H9F3O5. The van der Waals surface area contributed by atoms with Crippen molar-refractivity contribution in [1.29, 1.82) is 0 Å². The van der Waals surface area contributed by atoms with Crippen molar-refractivity contribution in [3.8, 4) is 0 Å². The van der Waals surface area contributed by atoms with Gasteiger partial charge in [-0.3, -0.25) is 4.79 Å². The number of aliphatic carboxylic acids is 2. The molecule has 8 heteroatoms. The lowest BCUT2D eigenvalue weighted by Gasteiger charge is -1.93. The molecule has 1 aromatic heterocycles. The van der Waals surface area contributed by atoms with Gasteiger partial charge < -0.3 is 14.6 Å². The lowest BCUT2D eigenvalue weighted by Crippen LogP contribution is -2.21. The average molecular weight is 254 g/mol. The third-order valence-electron chi connectivity index (χ3n) is 1.41. The van der Waals surface area contributed by atoms with Gasteiger partial charge in [-0.2, -0.15) is 13.2 Å². The summed E-state index contributed by atoms with van der Waals surface area (Å²) in [5, 5.41) is 15.4. The zero-order valence-electron chi connectivity index (χ0n) is 8.40. The van der Waals surface area contributed by atoms with E-state index in [9.17, 15) is 18.0 Å². The fourth-order valence-electron chi connectivity index (χ4n) is 0.685. The summed E-state index contributed by atoms with van der Waals surface area (Å²) in [6.45, 7) is 0. The molecule has 0 aliphatic carbocycles. The van der Waals surface area contributed by atoms with E-state index >= 15 is 0 Å². The van der Waals surface area contributed by atoms with Crippen LogP contribution in [0.2, 0.25) is 0 Å². The number of alkyl halides is 3. The molecule has 0 saturated heterocycles. The molecule has 0 atom stereocenters. The summed E-state index contributed by atoms with van der Waals surface area (Å²) in [6, 6.07) is 3.51. The minimum absolute atomic E-state index is 0.132. The van der Waals surface area contributed by atoms with Gasteiger partial charge in [-0.15, -0.1) is 0 Å². The Bertz CT molecular complexity index is 355. The standard InChI is InChI=1S/C7H8O3.C2HF3O2/c8-7(9)4-3-6-2-1-5-10-6;3-2(4,5)1(6)7/h1-2,5H,3-4H2,(H,8,9);(H,6,7). The van der Waals surface area contributed by atoms with E-state index in [0.717, 1.165) is 5.76 Å². The van der Waals surface area contributed by atoms with E-state index < -0.39 is 18.1 Å². The first kappa shape index (κ1) is 15.0. The Morgan fingerprint density at radius 1 is 1.29 bits per heavy atom. The summed E-state index contributed by atoms with van der Waals surface area (Å²) in [5.74, 6) is -2.83. The summed E-state index contributed by atoms with van der Waals surface area (Å²) < 4.78 is 36.7. The van der Waals surface area contributed by atoms with E-state index in [4.69, 9.17) is 19.4 Å². The SMILES string of the molecule is O=C(O)C(F)(F)F.O=C(O)CCc1ccco1. The lowest BCUT2D eigenvalue weighted by molar-refractivity contribution is -0.192. The highest BCUT2D eigenvalue weighted by atomic mass is 19.4. The largest absolute Gasteiger partial charge is 0.490 e. The Morgan fingerprint density at radius 2 is 1.82 bits per heavy atom. The minimum atomic E-state index is -5.08. The maximum absolute atomic E-state index is 10.6. The van der Waals surface area contributed by atoms with Gasteiger partial charge in [0.15, 0.2) is 0 Å². The molecule has 0 aromatic carbocycles. The predicted octanol–water partition coefficient (Wildman–Crippen LogP) is 1.93. The first-order valence-electron chi connectivity index (χ1n) is 4.27. The highest BCUT2D eigenvalue weighted by Gasteiger charge is 2.38. The third-order valence-corrected chi connectivity index (χ3v) is 1.41. The third kappa shape index (κ3) is 7.88. The average Bonchev–Trinajstić information content (AvgIpc) is 2.66. The maximum atomic E-state index is 10.6. The number of carbonyl (C=O) groups is 2. The van der Waals surface area contributed by atoms with Crippen molar-refractivity contribution in [2.75, 3.05) is 0 Å². The summed E-state index contributed by atoms with van der Waals surface area (Å²) >= 11 is 0. The monoisotopic (exact) mass is 254 g/mol. The predicted molar refractivity (Wildman–Crippen MR) is 48.4 cm³/mol. The minimum Gasteiger partial charge on any atom is -0.481 e. The zero-order valence-corrected chi connectivity index (χ0v) is 8.40. The zero-order chi connectivity index (χ0) is 13.5. The van der Waals surface area contributed by atoms with E-state index in [2.05, 4.69) is 0 Å². The molecule has 0 spiro atoms. The summed E-state index contributed by atoms with van der Waals surface area (Å²) in [7, 11) is 0. The Balaban J connectivity index is 0.000000325. The summed E-state index contributed by atoms with van der Waals surface area (Å²) in [6.07, 6.45) is -2.94. The van der Waals surface area contributed by atoms with Gasteiger partial charge in [-0.25, -0.2) is 4.79 Å². The van der Waals surface area contributed by atoms with Gasteiger partial charge >= 0.3 is 18.1 Å². The molecule has 0 fully saturated rings. The topological polar surface area (TPSA) is 87.7 Å². The van der Waals surface area contributed by atoms with Crippen LogP contribution in [-0.2, 0) is 16.0 Å². The number of furan rings is 1. The smallest absolute Gasteiger partial charge is 0.481 e. The van der Waals surface area contributed by atoms with E-state index in [1.165, 1.54) is 6.26 Å². The fraction of sp³-hybridized carbons (Fsp3) is 0.333. The lowest BCUT2D eigenvalue weighted by atomic mass is 10.2. The van der Waals surface area contributed by atoms with Crippen LogP contribution in [0.1, 0.15) is 12.2 Å². The van der Waals surface area contributed by atoms with Crippen molar-refractivity contribution in [1.82, 2.24) is 0 Å². The van der Waals surface area contributed by atoms with Crippen molar-refractivity contribution in [3.63, 3.8) is 0 Å². The van der Waals surface area contributed by atoms with Crippen LogP contribution in [-0.4, -0.2) is 28.3 Å². The van der Waals surface area contributed by atoms with Gasteiger partial charge in [0.2, 0.25) is 0 Å². The van der Waals surface area contributed by atoms with E-state index in [1.54, 1.807) is 12.1 Å². The van der Waals surface area contributed by atoms with Crippen molar-refractivity contribution >= 4 is 11.9 Å². The van der Waals surface area contributed by atoms with E-state index in [0.29, 0.717) is 6.42 Å². The van der Waals surface area contributed by atoms with Gasteiger partial charge in [-0.05, 0) is 12.1 Å². The molecule has 5 nitrogen and oxygen atoms in total. The molecule has 0 amide bonds. The first-order chi connectivity index (χ1) is 7.73. The maximum Gasteiger partial charge on any atom is 0.490 e. The molecule has 17 heavy (non-hydrogen) atoms. The van der Waals surface area contributed by atoms with Gasteiger partial charge in [0.25, 0.3) is 0 Å². The van der Waals surface area contributed by atoms with Crippen LogP contribution in [0, 0.1) is 0 Å². The highest BCUT2D eigenvalue weighted by Crippen LogP contribution is 2.13. The Kier molecular flexibility index (Phi) is 5.79. The molecule has 1 rings (SSSR count). The van der Waals surface area contributed by atoms with Crippen LogP contribution in [0.3, 0.4) is 0 Å². The van der Waals surface area contributed by atoms with Gasteiger partial charge in [-0.1, -0.05) is 0 Å². The van der Waals surface area contributed by atoms with Crippen molar-refractivity contribution in [3.05, 3.63) is 24.2 Å². The Morgan fingerprint density at radius 3 is 2.12 bits per heavy atom. The van der Waals surface area contributed by atoms with Crippen LogP contribution < -0.4 is 0 Å². The fourth-order valence-corrected chi connectivity index (χ4v) is 0.685. The summed E-state index contributed by atoms with van der Waals surface area (Å²) in [5.41, 5.74) is 0. The van der Waals surface area contributed by atoms with E-state index in [-0.39, 0.29) is 6.42 Å². The number of halogens is 3. The molecule has 0 aliphatic heterocycles. The van der Waals surface area contributed by atoms with Crippen LogP contribution in [0.25, 0.3) is 0 Å². The normalized spacial score (nSPS) is 10.3. The number of rotatable bonds is 3. The highest BCUT2D eigenvalue weighted by molar-refractivity contribution is 5.73. The number of aryl methyl sites for hydroxylation is 1. The molecule has 0 radical (unpaired) electrons. The second kappa shape index (κ2) is 6.56. The number of hydrogen-bond donors (Lipinski definition) is 2. The van der Waals surface area contributed by atoms with Crippen LogP contribution in [0.15, 0.2) is 22.8 Å². The molecule has 1 aromatic rings. The van der Waals surface area contributed by atoms with Crippen LogP contribution >= 0.6 is 0 Å². The molecule has 1 heterocycles. The Hall–Kier alpha value is -1.99. The van der Waals surface area contributed by atoms with Gasteiger partial charge in [0.05, 0.1) is 12.7 Å². The molecule has 0 bridgehead atoms. The van der Waals surface area contributed by atoms with Gasteiger partial charge in [0, 0.05) is 6.42 Å². The molecule has 0 saturated carbocycles. The quantitative estimate of drug-likeness (QED) is 0.860. The molecule has 0 aliphatic rings. The summed E-state index contributed by atoms with van der Waals surface area (Å²) in [4.78, 5) is 18.9. The first-order valence-corrected chi connectivity index (χ1v) is 4.27. The number of hydrogen-bond acceptors (Lipinski definition) is 3. The van der Waals surface area contributed by atoms with E-state index in [1.807, 2.05) is 0 Å². The van der Waals surface area contributed by atoms with Gasteiger partial charge in [0.1, 0.15) is 5.76 Å². The second-order valence-corrected chi connectivity index (χ2v) is 2.78.